The number of hydrogen-bond donors (Lipinski definition) is 0. The molecule has 1 heterocycles. The number of nitrogens with zero attached hydrogens (tertiary/aromatic N) is 2. The quantitative estimate of drug-likeness (QED) is 0.790. The fourth-order valence-electron chi connectivity index (χ4n) is 1.89. The molecule has 0 unspecified atom stereocenters. The van der Waals surface area contributed by atoms with Gasteiger partial charge >= 0.3 is 0 Å². The van der Waals surface area contributed by atoms with Crippen molar-refractivity contribution in [1.82, 2.24) is 9.78 Å². The maximum Gasteiger partial charge on any atom is 0.166 e. The van der Waals surface area contributed by atoms with Crippen LogP contribution in [0.4, 0.5) is 0 Å². The van der Waals surface area contributed by atoms with Crippen molar-refractivity contribution in [2.75, 3.05) is 7.11 Å². The molecule has 0 N–H and O–H groups in total. The van der Waals surface area contributed by atoms with Crippen molar-refractivity contribution < 1.29 is 9.53 Å². The van der Waals surface area contributed by atoms with Crippen LogP contribution >= 0.6 is 11.6 Å². The van der Waals surface area contributed by atoms with E-state index in [0.717, 1.165) is 5.56 Å². The van der Waals surface area contributed by atoms with Gasteiger partial charge in [0, 0.05) is 24.7 Å². The lowest BCUT2D eigenvalue weighted by atomic mass is 10.0. The Hall–Kier alpha value is -1.81. The number of benzene rings is 1. The van der Waals surface area contributed by atoms with Gasteiger partial charge in [0.15, 0.2) is 5.78 Å². The summed E-state index contributed by atoms with van der Waals surface area (Å²) in [6.07, 6.45) is 4.76. The first-order valence-corrected chi connectivity index (χ1v) is 6.32. The number of carbonyl (C=O) groups is 1. The van der Waals surface area contributed by atoms with Crippen LogP contribution in [-0.2, 0) is 13.5 Å². The van der Waals surface area contributed by atoms with E-state index in [1.807, 2.05) is 13.2 Å². The van der Waals surface area contributed by atoms with Crippen LogP contribution in [0.2, 0.25) is 5.02 Å². The van der Waals surface area contributed by atoms with Crippen LogP contribution in [0.25, 0.3) is 0 Å². The van der Waals surface area contributed by atoms with E-state index in [1.165, 1.54) is 7.11 Å². The number of aromatic nitrogens is 2. The summed E-state index contributed by atoms with van der Waals surface area (Å²) in [5.41, 5.74) is 1.61. The molecule has 1 aromatic carbocycles. The fraction of sp³-hybridized carbons (Fsp3) is 0.286. The Morgan fingerprint density at radius 2 is 2.26 bits per heavy atom. The van der Waals surface area contributed by atoms with Crippen molar-refractivity contribution in [3.63, 3.8) is 0 Å². The van der Waals surface area contributed by atoms with Gasteiger partial charge in [-0.1, -0.05) is 11.6 Å². The maximum absolute atomic E-state index is 12.2. The fourth-order valence-corrected chi connectivity index (χ4v) is 2.05. The van der Waals surface area contributed by atoms with Crippen LogP contribution in [-0.4, -0.2) is 22.7 Å². The Kier molecular flexibility index (Phi) is 4.22. The molecule has 0 amide bonds. The van der Waals surface area contributed by atoms with Gasteiger partial charge in [0.05, 0.1) is 18.9 Å². The summed E-state index contributed by atoms with van der Waals surface area (Å²) in [6.45, 7) is 0. The number of ether oxygens (including phenoxy) is 1. The predicted molar refractivity (Wildman–Crippen MR) is 73.9 cm³/mol. The molecule has 19 heavy (non-hydrogen) atoms. The molecule has 5 heteroatoms. The second-order valence-electron chi connectivity index (χ2n) is 4.29. The number of Topliss-reactive ketones (excluding diaryl/α,β-unsaturated/α-hetero) is 1. The molecule has 0 aliphatic rings. The molecule has 2 rings (SSSR count). The molecule has 0 aliphatic carbocycles. The minimum Gasteiger partial charge on any atom is -0.496 e. The van der Waals surface area contributed by atoms with Gasteiger partial charge in [0.2, 0.25) is 0 Å². The van der Waals surface area contributed by atoms with E-state index in [1.54, 1.807) is 29.1 Å². The molecule has 0 aliphatic heterocycles. The largest absolute Gasteiger partial charge is 0.496 e. The third kappa shape index (κ3) is 3.35. The smallest absolute Gasteiger partial charge is 0.166 e. The van der Waals surface area contributed by atoms with Gasteiger partial charge in [-0.3, -0.25) is 9.48 Å². The zero-order chi connectivity index (χ0) is 13.8. The Morgan fingerprint density at radius 1 is 1.47 bits per heavy atom. The van der Waals surface area contributed by atoms with Gasteiger partial charge < -0.3 is 4.74 Å². The van der Waals surface area contributed by atoms with Crippen molar-refractivity contribution in [2.24, 2.45) is 7.05 Å². The number of ketones is 1. The predicted octanol–water partition coefficient (Wildman–Crippen LogP) is 2.90. The summed E-state index contributed by atoms with van der Waals surface area (Å²) in [4.78, 5) is 12.2. The van der Waals surface area contributed by atoms with Crippen LogP contribution < -0.4 is 4.74 Å². The van der Waals surface area contributed by atoms with E-state index >= 15 is 0 Å². The van der Waals surface area contributed by atoms with Crippen LogP contribution in [0, 0.1) is 0 Å². The van der Waals surface area contributed by atoms with E-state index in [9.17, 15) is 4.79 Å². The van der Waals surface area contributed by atoms with Crippen molar-refractivity contribution in [2.45, 2.75) is 12.8 Å². The molecule has 100 valence electrons. The molecule has 0 spiro atoms. The Bertz CT molecular complexity index is 593. The van der Waals surface area contributed by atoms with Crippen LogP contribution in [0.1, 0.15) is 22.3 Å². The number of halogens is 1. The van der Waals surface area contributed by atoms with Crippen LogP contribution in [0.3, 0.4) is 0 Å². The molecule has 0 radical (unpaired) electrons. The van der Waals surface area contributed by atoms with Gasteiger partial charge in [-0.25, -0.2) is 0 Å². The molecule has 0 bridgehead atoms. The molecular formula is C14H15ClN2O2. The molecule has 0 saturated heterocycles. The lowest BCUT2D eigenvalue weighted by molar-refractivity contribution is 0.0980. The molecule has 1 aromatic heterocycles. The SMILES string of the molecule is COc1cc(Cl)ccc1C(=O)CCc1cnn(C)c1. The Labute approximate surface area is 116 Å². The standard InChI is InChI=1S/C14H15ClN2O2/c1-17-9-10(8-16-17)3-6-13(18)12-5-4-11(15)7-14(12)19-2/h4-5,7-9H,3,6H2,1-2H3. The van der Waals surface area contributed by atoms with E-state index < -0.39 is 0 Å². The Morgan fingerprint density at radius 3 is 2.89 bits per heavy atom. The first-order chi connectivity index (χ1) is 9.10. The first-order valence-electron chi connectivity index (χ1n) is 5.94. The highest BCUT2D eigenvalue weighted by Crippen LogP contribution is 2.24. The van der Waals surface area contributed by atoms with Gasteiger partial charge in [0.1, 0.15) is 5.75 Å². The average molecular weight is 279 g/mol. The number of carbonyl (C=O) groups excluding carboxylic acids is 1. The van der Waals surface area contributed by atoms with E-state index in [0.29, 0.717) is 29.2 Å². The maximum atomic E-state index is 12.2. The number of methoxy groups -OCH3 is 1. The second kappa shape index (κ2) is 5.89. The van der Waals surface area contributed by atoms with Crippen molar-refractivity contribution >= 4 is 17.4 Å². The highest BCUT2D eigenvalue weighted by atomic mass is 35.5. The third-order valence-electron chi connectivity index (χ3n) is 2.86. The number of hydrogen-bond acceptors (Lipinski definition) is 3. The average Bonchev–Trinajstić information content (AvgIpc) is 2.81. The monoisotopic (exact) mass is 278 g/mol. The summed E-state index contributed by atoms with van der Waals surface area (Å²) in [7, 11) is 3.39. The molecule has 0 fully saturated rings. The van der Waals surface area contributed by atoms with Gasteiger partial charge in [-0.15, -0.1) is 0 Å². The highest BCUT2D eigenvalue weighted by molar-refractivity contribution is 6.30. The first kappa shape index (κ1) is 13.6. The van der Waals surface area contributed by atoms with Crippen LogP contribution in [0.5, 0.6) is 5.75 Å². The van der Waals surface area contributed by atoms with E-state index in [-0.39, 0.29) is 5.78 Å². The molecule has 0 atom stereocenters. The van der Waals surface area contributed by atoms with Crippen LogP contribution in [0.15, 0.2) is 30.6 Å². The summed E-state index contributed by atoms with van der Waals surface area (Å²) < 4.78 is 6.91. The number of aryl methyl sites for hydroxylation is 2. The molecule has 2 aromatic rings. The zero-order valence-electron chi connectivity index (χ0n) is 10.9. The van der Waals surface area contributed by atoms with Crippen molar-refractivity contribution in [1.29, 1.82) is 0 Å². The molecule has 0 saturated carbocycles. The number of rotatable bonds is 5. The minimum atomic E-state index is 0.0392. The second-order valence-corrected chi connectivity index (χ2v) is 4.73. The topological polar surface area (TPSA) is 44.1 Å². The summed E-state index contributed by atoms with van der Waals surface area (Å²) in [6, 6.07) is 5.05. The summed E-state index contributed by atoms with van der Waals surface area (Å²) in [5.74, 6) is 0.557. The van der Waals surface area contributed by atoms with Crippen molar-refractivity contribution in [3.8, 4) is 5.75 Å². The lowest BCUT2D eigenvalue weighted by Crippen LogP contribution is -2.03. The van der Waals surface area contributed by atoms with Gasteiger partial charge in [-0.2, -0.15) is 5.10 Å². The molecule has 4 nitrogen and oxygen atoms in total. The van der Waals surface area contributed by atoms with Crippen molar-refractivity contribution in [3.05, 3.63) is 46.7 Å². The molecular weight excluding hydrogens is 264 g/mol. The summed E-state index contributed by atoms with van der Waals surface area (Å²) in [5, 5.41) is 4.63. The highest BCUT2D eigenvalue weighted by Gasteiger charge is 2.13. The van der Waals surface area contributed by atoms with E-state index in [2.05, 4.69) is 5.10 Å². The zero-order valence-corrected chi connectivity index (χ0v) is 11.6. The lowest BCUT2D eigenvalue weighted by Gasteiger charge is -2.07. The third-order valence-corrected chi connectivity index (χ3v) is 3.10. The van der Waals surface area contributed by atoms with Gasteiger partial charge in [-0.05, 0) is 30.2 Å². The Balaban J connectivity index is 2.07. The minimum absolute atomic E-state index is 0.0392. The normalized spacial score (nSPS) is 10.5. The van der Waals surface area contributed by atoms with Gasteiger partial charge in [0.25, 0.3) is 0 Å². The summed E-state index contributed by atoms with van der Waals surface area (Å²) >= 11 is 5.87. The van der Waals surface area contributed by atoms with E-state index in [4.69, 9.17) is 16.3 Å².